The molecule has 5 nitrogen and oxygen atoms in total. The van der Waals surface area contributed by atoms with E-state index in [1.807, 2.05) is 31.2 Å². The van der Waals surface area contributed by atoms with E-state index in [0.29, 0.717) is 21.7 Å². The molecule has 3 rings (SSSR count). The molecule has 0 bridgehead atoms. The molecule has 0 fully saturated rings. The minimum atomic E-state index is -0.121. The van der Waals surface area contributed by atoms with Crippen LogP contribution in [0.2, 0.25) is 5.02 Å². The zero-order chi connectivity index (χ0) is 16.9. The van der Waals surface area contributed by atoms with E-state index in [4.69, 9.17) is 11.6 Å². The lowest BCUT2D eigenvalue weighted by Gasteiger charge is -2.03. The van der Waals surface area contributed by atoms with Gasteiger partial charge in [0.1, 0.15) is 0 Å². The molecule has 0 saturated carbocycles. The fraction of sp³-hybridized carbons (Fsp3) is 0.118. The van der Waals surface area contributed by atoms with Crippen molar-refractivity contribution < 1.29 is 4.79 Å². The van der Waals surface area contributed by atoms with Gasteiger partial charge >= 0.3 is 0 Å². The van der Waals surface area contributed by atoms with Crippen LogP contribution in [-0.2, 0) is 4.79 Å². The Morgan fingerprint density at radius 1 is 1.25 bits per heavy atom. The fourth-order valence-corrected chi connectivity index (χ4v) is 2.82. The van der Waals surface area contributed by atoms with Gasteiger partial charge < -0.3 is 5.32 Å². The number of hydrogen-bond acceptors (Lipinski definition) is 4. The van der Waals surface area contributed by atoms with E-state index in [2.05, 4.69) is 20.5 Å². The van der Waals surface area contributed by atoms with Crippen molar-refractivity contribution >= 4 is 35.0 Å². The van der Waals surface area contributed by atoms with Gasteiger partial charge in [-0.05, 0) is 37.3 Å². The van der Waals surface area contributed by atoms with Crippen LogP contribution < -0.4 is 5.32 Å². The Balaban J connectivity index is 1.57. The Kier molecular flexibility index (Phi) is 5.17. The second kappa shape index (κ2) is 7.51. The average Bonchev–Trinajstić information content (AvgIpc) is 3.04. The number of aromatic amines is 1. The van der Waals surface area contributed by atoms with Gasteiger partial charge in [0.05, 0.1) is 5.75 Å². The lowest BCUT2D eigenvalue weighted by atomic mass is 10.1. The van der Waals surface area contributed by atoms with Gasteiger partial charge in [-0.2, -0.15) is 0 Å². The first-order valence-corrected chi connectivity index (χ1v) is 8.64. The summed E-state index contributed by atoms with van der Waals surface area (Å²) in [6.07, 6.45) is 0. The molecule has 2 aromatic carbocycles. The van der Waals surface area contributed by atoms with Crippen LogP contribution in [0.25, 0.3) is 11.4 Å². The smallest absolute Gasteiger partial charge is 0.234 e. The number of halogens is 1. The molecular weight excluding hydrogens is 344 g/mol. The number of anilines is 1. The quantitative estimate of drug-likeness (QED) is 0.672. The van der Waals surface area contributed by atoms with Crippen molar-refractivity contribution in [3.05, 3.63) is 59.1 Å². The maximum absolute atomic E-state index is 12.0. The molecule has 0 saturated heterocycles. The highest BCUT2D eigenvalue weighted by molar-refractivity contribution is 7.99. The van der Waals surface area contributed by atoms with Gasteiger partial charge in [-0.25, -0.2) is 4.98 Å². The molecule has 0 aliphatic carbocycles. The number of aromatic nitrogens is 3. The number of carbonyl (C=O) groups excluding carboxylic acids is 1. The number of hydrogen-bond donors (Lipinski definition) is 2. The lowest BCUT2D eigenvalue weighted by molar-refractivity contribution is -0.113. The standard InChI is InChI=1S/C17H15ClN4OS/c1-11-3-2-4-12(9-11)16-20-17(22-21-16)24-10-15(23)19-14-7-5-13(18)6-8-14/h2-9H,10H2,1H3,(H,19,23)(H,20,21,22). The number of nitrogens with zero attached hydrogens (tertiary/aromatic N) is 2. The van der Waals surface area contributed by atoms with Crippen LogP contribution in [0, 0.1) is 6.92 Å². The summed E-state index contributed by atoms with van der Waals surface area (Å²) >= 11 is 7.09. The van der Waals surface area contributed by atoms with Crippen molar-refractivity contribution in [1.82, 2.24) is 15.2 Å². The zero-order valence-corrected chi connectivity index (χ0v) is 14.5. The van der Waals surface area contributed by atoms with Crippen molar-refractivity contribution in [3.63, 3.8) is 0 Å². The first-order chi connectivity index (χ1) is 11.6. The minimum Gasteiger partial charge on any atom is -0.325 e. The van der Waals surface area contributed by atoms with Gasteiger partial charge in [0.2, 0.25) is 11.1 Å². The van der Waals surface area contributed by atoms with Gasteiger partial charge in [-0.15, -0.1) is 5.10 Å². The SMILES string of the molecule is Cc1cccc(-c2nc(SCC(=O)Nc3ccc(Cl)cc3)n[nH]2)c1. The third-order valence-electron chi connectivity index (χ3n) is 3.22. The van der Waals surface area contributed by atoms with E-state index in [1.165, 1.54) is 11.8 Å². The predicted octanol–water partition coefficient (Wildman–Crippen LogP) is 4.16. The van der Waals surface area contributed by atoms with Gasteiger partial charge in [-0.3, -0.25) is 9.89 Å². The molecule has 0 unspecified atom stereocenters. The van der Waals surface area contributed by atoms with Crippen LogP contribution >= 0.6 is 23.4 Å². The van der Waals surface area contributed by atoms with E-state index >= 15 is 0 Å². The molecule has 122 valence electrons. The number of amides is 1. The maximum Gasteiger partial charge on any atom is 0.234 e. The van der Waals surface area contributed by atoms with Crippen LogP contribution in [0.4, 0.5) is 5.69 Å². The van der Waals surface area contributed by atoms with Crippen LogP contribution in [0.15, 0.2) is 53.7 Å². The second-order valence-electron chi connectivity index (χ2n) is 5.18. The van der Waals surface area contributed by atoms with Gasteiger partial charge in [-0.1, -0.05) is 47.1 Å². The molecule has 24 heavy (non-hydrogen) atoms. The highest BCUT2D eigenvalue weighted by Crippen LogP contribution is 2.20. The maximum atomic E-state index is 12.0. The number of benzene rings is 2. The monoisotopic (exact) mass is 358 g/mol. The molecule has 0 atom stereocenters. The molecule has 0 spiro atoms. The minimum absolute atomic E-state index is 0.121. The van der Waals surface area contributed by atoms with E-state index in [-0.39, 0.29) is 11.7 Å². The summed E-state index contributed by atoms with van der Waals surface area (Å²) in [5.41, 5.74) is 2.83. The largest absolute Gasteiger partial charge is 0.325 e. The van der Waals surface area contributed by atoms with E-state index < -0.39 is 0 Å². The Morgan fingerprint density at radius 3 is 2.79 bits per heavy atom. The van der Waals surface area contributed by atoms with Crippen LogP contribution in [0.3, 0.4) is 0 Å². The predicted molar refractivity (Wildman–Crippen MR) is 97.4 cm³/mol. The molecule has 1 amide bonds. The second-order valence-corrected chi connectivity index (χ2v) is 6.56. The summed E-state index contributed by atoms with van der Waals surface area (Å²) in [5.74, 6) is 0.803. The Labute approximate surface area is 148 Å². The van der Waals surface area contributed by atoms with Gasteiger partial charge in [0.25, 0.3) is 0 Å². The number of aryl methyl sites for hydroxylation is 1. The van der Waals surface area contributed by atoms with Crippen LogP contribution in [-0.4, -0.2) is 26.8 Å². The summed E-state index contributed by atoms with van der Waals surface area (Å²) < 4.78 is 0. The fourth-order valence-electron chi connectivity index (χ4n) is 2.09. The highest BCUT2D eigenvalue weighted by atomic mass is 35.5. The molecular formula is C17H15ClN4OS. The van der Waals surface area contributed by atoms with Crippen molar-refractivity contribution in [3.8, 4) is 11.4 Å². The summed E-state index contributed by atoms with van der Waals surface area (Å²) in [5, 5.41) is 11.0. The normalized spacial score (nSPS) is 10.6. The average molecular weight is 359 g/mol. The molecule has 0 aliphatic rings. The van der Waals surface area contributed by atoms with Crippen molar-refractivity contribution in [1.29, 1.82) is 0 Å². The Bertz CT molecular complexity index is 848. The van der Waals surface area contributed by atoms with Crippen LogP contribution in [0.5, 0.6) is 0 Å². The van der Waals surface area contributed by atoms with Crippen molar-refractivity contribution in [2.45, 2.75) is 12.1 Å². The van der Waals surface area contributed by atoms with E-state index in [9.17, 15) is 4.79 Å². The molecule has 0 aliphatic heterocycles. The summed E-state index contributed by atoms with van der Waals surface area (Å²) in [6, 6.07) is 15.0. The number of carbonyl (C=O) groups is 1. The van der Waals surface area contributed by atoms with Crippen molar-refractivity contribution in [2.75, 3.05) is 11.1 Å². The number of nitrogens with one attached hydrogen (secondary N) is 2. The highest BCUT2D eigenvalue weighted by Gasteiger charge is 2.09. The first kappa shape index (κ1) is 16.5. The lowest BCUT2D eigenvalue weighted by Crippen LogP contribution is -2.13. The van der Waals surface area contributed by atoms with E-state index in [1.54, 1.807) is 24.3 Å². The Morgan fingerprint density at radius 2 is 2.04 bits per heavy atom. The van der Waals surface area contributed by atoms with Gasteiger partial charge in [0, 0.05) is 16.3 Å². The summed E-state index contributed by atoms with van der Waals surface area (Å²) in [7, 11) is 0. The van der Waals surface area contributed by atoms with Crippen LogP contribution in [0.1, 0.15) is 5.56 Å². The zero-order valence-electron chi connectivity index (χ0n) is 12.9. The Hall–Kier alpha value is -2.31. The topological polar surface area (TPSA) is 70.7 Å². The van der Waals surface area contributed by atoms with E-state index in [0.717, 1.165) is 11.1 Å². The molecule has 1 aromatic heterocycles. The first-order valence-electron chi connectivity index (χ1n) is 7.28. The van der Waals surface area contributed by atoms with Gasteiger partial charge in [0.15, 0.2) is 5.82 Å². The number of thioether (sulfide) groups is 1. The molecule has 0 radical (unpaired) electrons. The summed E-state index contributed by atoms with van der Waals surface area (Å²) in [6.45, 7) is 2.02. The van der Waals surface area contributed by atoms with Crippen molar-refractivity contribution in [2.24, 2.45) is 0 Å². The molecule has 2 N–H and O–H groups in total. The molecule has 1 heterocycles. The molecule has 7 heteroatoms. The third-order valence-corrected chi connectivity index (χ3v) is 4.32. The number of rotatable bonds is 5. The number of H-pyrrole nitrogens is 1. The summed E-state index contributed by atoms with van der Waals surface area (Å²) in [4.78, 5) is 16.4. The third kappa shape index (κ3) is 4.37. The molecule has 3 aromatic rings.